The van der Waals surface area contributed by atoms with Crippen molar-refractivity contribution in [3.8, 4) is 9.86 Å². The van der Waals surface area contributed by atoms with Gasteiger partial charge in [0, 0.05) is 0 Å². The van der Waals surface area contributed by atoms with E-state index in [-0.39, 0.29) is 0 Å². The predicted molar refractivity (Wildman–Crippen MR) is 69.8 cm³/mol. The third-order valence-electron chi connectivity index (χ3n) is 2.87. The molecule has 0 amide bonds. The van der Waals surface area contributed by atoms with Crippen LogP contribution in [0.3, 0.4) is 0 Å². The SMILES string of the molecule is [NH2][Sn][C]#Cc1cc2ncn(C3CC3)c2cc1Cl. The number of nitrogens with zero attached hydrogens (tertiary/aromatic N) is 2. The monoisotopic (exact) mass is 351 g/mol. The number of hydrogen-bond acceptors (Lipinski definition) is 2. The number of hydrogen-bond donors (Lipinski definition) is 1. The topological polar surface area (TPSA) is 43.8 Å². The van der Waals surface area contributed by atoms with Crippen LogP contribution in [0.25, 0.3) is 11.0 Å². The van der Waals surface area contributed by atoms with E-state index in [1.54, 1.807) is 0 Å². The fourth-order valence-corrected chi connectivity index (χ4v) is 2.69. The van der Waals surface area contributed by atoms with E-state index in [4.69, 9.17) is 15.6 Å². The van der Waals surface area contributed by atoms with Gasteiger partial charge in [-0.3, -0.25) is 0 Å². The summed E-state index contributed by atoms with van der Waals surface area (Å²) in [7, 11) is 0. The molecule has 84 valence electrons. The molecule has 0 spiro atoms. The molecule has 0 atom stereocenters. The number of fused-ring (bicyclic) bond motifs is 1. The van der Waals surface area contributed by atoms with E-state index in [0.29, 0.717) is 11.1 Å². The number of rotatable bonds is 1. The molecule has 0 unspecified atom stereocenters. The molecule has 1 aliphatic carbocycles. The summed E-state index contributed by atoms with van der Waals surface area (Å²) in [6.07, 6.45) is 4.38. The van der Waals surface area contributed by atoms with E-state index in [9.17, 15) is 0 Å². The van der Waals surface area contributed by atoms with Crippen LogP contribution in [-0.2, 0) is 0 Å². The van der Waals surface area contributed by atoms with E-state index in [0.717, 1.165) is 16.6 Å². The molecule has 1 aromatic heterocycles. The second-order valence-electron chi connectivity index (χ2n) is 4.10. The molecule has 1 saturated carbocycles. The first kappa shape index (κ1) is 11.4. The van der Waals surface area contributed by atoms with Gasteiger partial charge in [0.15, 0.2) is 0 Å². The molecule has 0 bridgehead atoms. The van der Waals surface area contributed by atoms with Crippen molar-refractivity contribution in [1.82, 2.24) is 9.55 Å². The third-order valence-corrected chi connectivity index (χ3v) is 3.95. The van der Waals surface area contributed by atoms with Crippen LogP contribution in [-0.4, -0.2) is 31.0 Å². The molecule has 3 nitrogen and oxygen atoms in total. The third kappa shape index (κ3) is 2.17. The zero-order chi connectivity index (χ0) is 11.8. The predicted octanol–water partition coefficient (Wildman–Crippen LogP) is 1.91. The molecule has 1 aliphatic rings. The van der Waals surface area contributed by atoms with Crippen LogP contribution < -0.4 is 3.96 Å². The van der Waals surface area contributed by atoms with Gasteiger partial charge in [0.1, 0.15) is 0 Å². The Kier molecular flexibility index (Phi) is 3.03. The van der Waals surface area contributed by atoms with Crippen molar-refractivity contribution < 1.29 is 0 Å². The molecule has 1 aromatic carbocycles. The fraction of sp³-hybridized carbons (Fsp3) is 0.250. The number of halogens is 1. The summed E-state index contributed by atoms with van der Waals surface area (Å²) in [6, 6.07) is 4.54. The molecule has 1 fully saturated rings. The van der Waals surface area contributed by atoms with Crippen LogP contribution in [0.4, 0.5) is 0 Å². The van der Waals surface area contributed by atoms with Crippen molar-refractivity contribution in [3.05, 3.63) is 29.0 Å². The Bertz CT molecular complexity index is 634. The minimum absolute atomic E-state index is 0.617. The molecule has 5 heteroatoms. The second kappa shape index (κ2) is 4.52. The fourth-order valence-electron chi connectivity index (χ4n) is 1.89. The number of imidazole rings is 1. The zero-order valence-electron chi connectivity index (χ0n) is 9.07. The standard InChI is InChI=1S/C12H8ClN2.H2N.Sn/c1-2-8-5-11-12(6-10(8)13)15(7-14-11)9-3-4-9;;/h5-7,9H,3-4H2;1H2;/q;-1;+1. The van der Waals surface area contributed by atoms with Gasteiger partial charge < -0.3 is 0 Å². The number of aromatic nitrogens is 2. The molecular weight excluding hydrogens is 340 g/mol. The second-order valence-corrected chi connectivity index (χ2v) is 6.04. The Morgan fingerprint density at radius 2 is 2.29 bits per heavy atom. The first-order valence-electron chi connectivity index (χ1n) is 5.42. The van der Waals surface area contributed by atoms with Gasteiger partial charge in [0.2, 0.25) is 0 Å². The molecule has 3 rings (SSSR count). The van der Waals surface area contributed by atoms with E-state index < -0.39 is 21.4 Å². The summed E-state index contributed by atoms with van der Waals surface area (Å²) >= 11 is 5.25. The minimum atomic E-state index is -0.982. The maximum absolute atomic E-state index is 6.23. The summed E-state index contributed by atoms with van der Waals surface area (Å²) in [6.45, 7) is 0. The quantitative estimate of drug-likeness (QED) is 0.631. The molecule has 2 N–H and O–H groups in total. The summed E-state index contributed by atoms with van der Waals surface area (Å²) in [5.74, 6) is 3.03. The van der Waals surface area contributed by atoms with Crippen LogP contribution in [0.2, 0.25) is 5.02 Å². The van der Waals surface area contributed by atoms with Gasteiger partial charge >= 0.3 is 115 Å². The molecule has 2 radical (unpaired) electrons. The average molecular weight is 350 g/mol. The van der Waals surface area contributed by atoms with Crippen molar-refractivity contribution in [2.75, 3.05) is 0 Å². The first-order valence-corrected chi connectivity index (χ1v) is 8.87. The van der Waals surface area contributed by atoms with Gasteiger partial charge in [-0.15, -0.1) is 0 Å². The van der Waals surface area contributed by atoms with Crippen LogP contribution in [0.5, 0.6) is 0 Å². The van der Waals surface area contributed by atoms with Gasteiger partial charge in [-0.1, -0.05) is 0 Å². The van der Waals surface area contributed by atoms with Crippen molar-refractivity contribution >= 4 is 44.0 Å². The number of benzene rings is 1. The summed E-state index contributed by atoms with van der Waals surface area (Å²) in [5.41, 5.74) is 2.91. The van der Waals surface area contributed by atoms with E-state index in [2.05, 4.69) is 19.4 Å². The number of nitrogens with two attached hydrogens (primary N) is 1. The Labute approximate surface area is 115 Å². The molecular formula is C12H10ClN3Sn. The summed E-state index contributed by atoms with van der Waals surface area (Å²) in [4.78, 5) is 4.41. The molecule has 2 aromatic rings. The van der Waals surface area contributed by atoms with E-state index >= 15 is 0 Å². The first-order chi connectivity index (χ1) is 8.29. The van der Waals surface area contributed by atoms with Gasteiger partial charge in [-0.25, -0.2) is 0 Å². The van der Waals surface area contributed by atoms with Crippen LogP contribution in [0, 0.1) is 9.86 Å². The van der Waals surface area contributed by atoms with Crippen LogP contribution >= 0.6 is 11.6 Å². The Morgan fingerprint density at radius 1 is 1.47 bits per heavy atom. The zero-order valence-corrected chi connectivity index (χ0v) is 12.7. The summed E-state index contributed by atoms with van der Waals surface area (Å²) < 4.78 is 10.7. The normalized spacial score (nSPS) is 14.7. The van der Waals surface area contributed by atoms with E-state index in [1.807, 2.05) is 18.5 Å². The van der Waals surface area contributed by atoms with Crippen molar-refractivity contribution in [1.29, 1.82) is 0 Å². The van der Waals surface area contributed by atoms with Gasteiger partial charge in [-0.2, -0.15) is 0 Å². The van der Waals surface area contributed by atoms with Crippen molar-refractivity contribution in [2.45, 2.75) is 18.9 Å². The van der Waals surface area contributed by atoms with Gasteiger partial charge in [0.05, 0.1) is 0 Å². The Balaban J connectivity index is 2.13. The maximum atomic E-state index is 6.23. The molecule has 0 saturated heterocycles. The Hall–Kier alpha value is -0.701. The summed E-state index contributed by atoms with van der Waals surface area (Å²) in [5, 5.41) is 0.695. The van der Waals surface area contributed by atoms with Crippen LogP contribution in [0.1, 0.15) is 24.4 Å². The average Bonchev–Trinajstić information content (AvgIpc) is 3.08. The Morgan fingerprint density at radius 3 is 3.00 bits per heavy atom. The van der Waals surface area contributed by atoms with Crippen LogP contribution in [0.15, 0.2) is 18.5 Å². The van der Waals surface area contributed by atoms with Gasteiger partial charge in [-0.05, 0) is 0 Å². The molecule has 1 heterocycles. The van der Waals surface area contributed by atoms with Crippen molar-refractivity contribution in [2.24, 2.45) is 3.96 Å². The van der Waals surface area contributed by atoms with E-state index in [1.165, 1.54) is 12.8 Å². The molecule has 0 aliphatic heterocycles. The van der Waals surface area contributed by atoms with Gasteiger partial charge in [0.25, 0.3) is 0 Å². The molecule has 17 heavy (non-hydrogen) atoms. The van der Waals surface area contributed by atoms with Crippen molar-refractivity contribution in [3.63, 3.8) is 0 Å².